The molecule has 2 aliphatic rings. The first-order valence-corrected chi connectivity index (χ1v) is 10.5. The standard InChI is InChI=1S/C24H24FN3O2/c1-15-21(23(29)30-18-7-3-2-4-8-18)22(16-11-13-17(25)14-12-16)28-20-10-6-5-9-19(20)27-24(28)26-15/h5-6,9-14,18,22H,2-4,7-8H2,1H3,(H,26,27). The second-order valence-electron chi connectivity index (χ2n) is 8.08. The highest BCUT2D eigenvalue weighted by atomic mass is 19.1. The molecule has 154 valence electrons. The van der Waals surface area contributed by atoms with Crippen LogP contribution in [-0.2, 0) is 9.53 Å². The van der Waals surface area contributed by atoms with Crippen molar-refractivity contribution in [3.63, 3.8) is 0 Å². The number of halogens is 1. The maximum Gasteiger partial charge on any atom is 0.338 e. The van der Waals surface area contributed by atoms with Gasteiger partial charge in [0.2, 0.25) is 5.95 Å². The molecule has 0 spiro atoms. The summed E-state index contributed by atoms with van der Waals surface area (Å²) >= 11 is 0. The van der Waals surface area contributed by atoms with Crippen molar-refractivity contribution in [2.45, 2.75) is 51.2 Å². The van der Waals surface area contributed by atoms with Gasteiger partial charge in [-0.3, -0.25) is 4.57 Å². The first kappa shape index (κ1) is 18.9. The number of imidazole rings is 1. The van der Waals surface area contributed by atoms with Crippen LogP contribution in [0.4, 0.5) is 10.3 Å². The van der Waals surface area contributed by atoms with E-state index >= 15 is 0 Å². The van der Waals surface area contributed by atoms with Crippen molar-refractivity contribution in [2.24, 2.45) is 0 Å². The highest BCUT2D eigenvalue weighted by Crippen LogP contribution is 2.40. The maximum atomic E-state index is 13.6. The molecule has 1 unspecified atom stereocenters. The van der Waals surface area contributed by atoms with Crippen LogP contribution in [0.5, 0.6) is 0 Å². The summed E-state index contributed by atoms with van der Waals surface area (Å²) < 4.78 is 21.6. The number of esters is 1. The summed E-state index contributed by atoms with van der Waals surface area (Å²) in [6.45, 7) is 1.87. The number of allylic oxidation sites excluding steroid dienone is 1. The number of para-hydroxylation sites is 2. The molecule has 1 fully saturated rings. The topological polar surface area (TPSA) is 56.2 Å². The van der Waals surface area contributed by atoms with E-state index in [0.29, 0.717) is 17.2 Å². The van der Waals surface area contributed by atoms with Crippen LogP contribution in [0, 0.1) is 5.82 Å². The number of carbonyl (C=O) groups is 1. The lowest BCUT2D eigenvalue weighted by molar-refractivity contribution is -0.146. The molecule has 0 saturated heterocycles. The van der Waals surface area contributed by atoms with Crippen molar-refractivity contribution in [2.75, 3.05) is 5.32 Å². The van der Waals surface area contributed by atoms with Gasteiger partial charge in [-0.05, 0) is 62.4 Å². The molecule has 0 radical (unpaired) electrons. The number of anilines is 1. The SMILES string of the molecule is CC1=C(C(=O)OC2CCCCC2)C(c2ccc(F)cc2)n2c(nc3ccccc32)N1. The van der Waals surface area contributed by atoms with Crippen molar-refractivity contribution in [1.82, 2.24) is 9.55 Å². The number of nitrogens with zero attached hydrogens (tertiary/aromatic N) is 2. The predicted octanol–water partition coefficient (Wildman–Crippen LogP) is 5.34. The molecule has 2 heterocycles. The first-order valence-electron chi connectivity index (χ1n) is 10.5. The summed E-state index contributed by atoms with van der Waals surface area (Å²) in [5, 5.41) is 3.29. The molecule has 5 nitrogen and oxygen atoms in total. The van der Waals surface area contributed by atoms with E-state index in [0.717, 1.165) is 42.3 Å². The highest BCUT2D eigenvalue weighted by Gasteiger charge is 2.36. The van der Waals surface area contributed by atoms with Gasteiger partial charge in [0.1, 0.15) is 11.9 Å². The number of fused-ring (bicyclic) bond motifs is 3. The fourth-order valence-electron chi connectivity index (χ4n) is 4.59. The Morgan fingerprint density at radius 1 is 1.10 bits per heavy atom. The second-order valence-corrected chi connectivity index (χ2v) is 8.08. The summed E-state index contributed by atoms with van der Waals surface area (Å²) in [7, 11) is 0. The smallest absolute Gasteiger partial charge is 0.338 e. The Hall–Kier alpha value is -3.15. The molecule has 1 saturated carbocycles. The molecular weight excluding hydrogens is 381 g/mol. The van der Waals surface area contributed by atoms with Crippen LogP contribution in [0.25, 0.3) is 11.0 Å². The van der Waals surface area contributed by atoms with Gasteiger partial charge in [0, 0.05) is 5.70 Å². The lowest BCUT2D eigenvalue weighted by atomic mass is 9.94. The van der Waals surface area contributed by atoms with Gasteiger partial charge in [-0.1, -0.05) is 30.7 Å². The quantitative estimate of drug-likeness (QED) is 0.598. The molecule has 3 aromatic rings. The van der Waals surface area contributed by atoms with E-state index in [2.05, 4.69) is 5.32 Å². The molecule has 1 N–H and O–H groups in total. The van der Waals surface area contributed by atoms with Gasteiger partial charge in [-0.25, -0.2) is 14.2 Å². The molecule has 0 bridgehead atoms. The maximum absolute atomic E-state index is 13.6. The van der Waals surface area contributed by atoms with E-state index in [4.69, 9.17) is 9.72 Å². The third kappa shape index (κ3) is 3.26. The lowest BCUT2D eigenvalue weighted by Gasteiger charge is -2.31. The average molecular weight is 405 g/mol. The minimum Gasteiger partial charge on any atom is -0.459 e. The minimum atomic E-state index is -0.439. The van der Waals surface area contributed by atoms with E-state index < -0.39 is 6.04 Å². The summed E-state index contributed by atoms with van der Waals surface area (Å²) in [4.78, 5) is 18.1. The monoisotopic (exact) mass is 405 g/mol. The van der Waals surface area contributed by atoms with Crippen LogP contribution >= 0.6 is 0 Å². The van der Waals surface area contributed by atoms with Crippen molar-refractivity contribution in [1.29, 1.82) is 0 Å². The zero-order valence-electron chi connectivity index (χ0n) is 16.9. The third-order valence-corrected chi connectivity index (χ3v) is 6.06. The zero-order chi connectivity index (χ0) is 20.7. The van der Waals surface area contributed by atoms with Gasteiger partial charge < -0.3 is 10.1 Å². The summed E-state index contributed by atoms with van der Waals surface area (Å²) in [5.41, 5.74) is 3.82. The highest BCUT2D eigenvalue weighted by molar-refractivity contribution is 5.94. The van der Waals surface area contributed by atoms with E-state index in [-0.39, 0.29) is 17.9 Å². The average Bonchev–Trinajstić information content (AvgIpc) is 3.12. The van der Waals surface area contributed by atoms with Crippen LogP contribution in [0.1, 0.15) is 50.6 Å². The van der Waals surface area contributed by atoms with Gasteiger partial charge >= 0.3 is 5.97 Å². The Balaban J connectivity index is 1.62. The molecule has 1 atom stereocenters. The lowest BCUT2D eigenvalue weighted by Crippen LogP contribution is -2.31. The zero-order valence-corrected chi connectivity index (χ0v) is 16.9. The Bertz CT molecular complexity index is 1130. The number of ether oxygens (including phenoxy) is 1. The van der Waals surface area contributed by atoms with E-state index in [1.807, 2.05) is 35.8 Å². The number of benzene rings is 2. The molecule has 2 aromatic carbocycles. The van der Waals surface area contributed by atoms with Crippen LogP contribution in [0.2, 0.25) is 0 Å². The van der Waals surface area contributed by atoms with Crippen molar-refractivity contribution in [3.8, 4) is 0 Å². The van der Waals surface area contributed by atoms with Crippen molar-refractivity contribution < 1.29 is 13.9 Å². The second kappa shape index (κ2) is 7.59. The van der Waals surface area contributed by atoms with Gasteiger partial charge in [-0.15, -0.1) is 0 Å². The number of rotatable bonds is 3. The largest absolute Gasteiger partial charge is 0.459 e. The molecule has 1 aliphatic heterocycles. The van der Waals surface area contributed by atoms with E-state index in [1.54, 1.807) is 12.1 Å². The Morgan fingerprint density at radius 3 is 2.60 bits per heavy atom. The fourth-order valence-corrected chi connectivity index (χ4v) is 4.59. The van der Waals surface area contributed by atoms with Gasteiger partial charge in [-0.2, -0.15) is 0 Å². The van der Waals surface area contributed by atoms with E-state index in [1.165, 1.54) is 18.6 Å². The summed E-state index contributed by atoms with van der Waals surface area (Å²) in [5.74, 6) is 0.0392. The number of carbonyl (C=O) groups excluding carboxylic acids is 1. The summed E-state index contributed by atoms with van der Waals surface area (Å²) in [6, 6.07) is 13.7. The Morgan fingerprint density at radius 2 is 1.83 bits per heavy atom. The molecule has 1 aromatic heterocycles. The number of nitrogens with one attached hydrogen (secondary N) is 1. The van der Waals surface area contributed by atoms with Crippen molar-refractivity contribution in [3.05, 3.63) is 71.2 Å². The normalized spacial score (nSPS) is 19.5. The minimum absolute atomic E-state index is 0.0404. The number of aromatic nitrogens is 2. The molecule has 6 heteroatoms. The molecular formula is C24H24FN3O2. The molecule has 30 heavy (non-hydrogen) atoms. The summed E-state index contributed by atoms with van der Waals surface area (Å²) in [6.07, 6.45) is 5.15. The number of hydrogen-bond donors (Lipinski definition) is 1. The molecule has 5 rings (SSSR count). The fraction of sp³-hybridized carbons (Fsp3) is 0.333. The van der Waals surface area contributed by atoms with Gasteiger partial charge in [0.25, 0.3) is 0 Å². The van der Waals surface area contributed by atoms with Crippen LogP contribution in [0.15, 0.2) is 59.8 Å². The van der Waals surface area contributed by atoms with Crippen LogP contribution < -0.4 is 5.32 Å². The van der Waals surface area contributed by atoms with Crippen molar-refractivity contribution >= 4 is 23.0 Å². The Kier molecular flexibility index (Phi) is 4.77. The van der Waals surface area contributed by atoms with Gasteiger partial charge in [0.15, 0.2) is 0 Å². The van der Waals surface area contributed by atoms with Gasteiger partial charge in [0.05, 0.1) is 22.6 Å². The predicted molar refractivity (Wildman–Crippen MR) is 114 cm³/mol. The molecule has 1 aliphatic carbocycles. The van der Waals surface area contributed by atoms with Crippen LogP contribution in [-0.4, -0.2) is 21.6 Å². The van der Waals surface area contributed by atoms with E-state index in [9.17, 15) is 9.18 Å². The third-order valence-electron chi connectivity index (χ3n) is 6.06. The first-order chi connectivity index (χ1) is 14.6. The molecule has 0 amide bonds. The number of hydrogen-bond acceptors (Lipinski definition) is 4. The van der Waals surface area contributed by atoms with Crippen LogP contribution in [0.3, 0.4) is 0 Å². The Labute approximate surface area is 174 Å².